The van der Waals surface area contributed by atoms with Crippen LogP contribution in [0.4, 0.5) is 17.1 Å². The van der Waals surface area contributed by atoms with Gasteiger partial charge in [-0.1, -0.05) is 152 Å². The van der Waals surface area contributed by atoms with E-state index < -0.39 is 5.41 Å². The molecule has 0 fully saturated rings. The molecule has 49 heavy (non-hydrogen) atoms. The summed E-state index contributed by atoms with van der Waals surface area (Å²) in [6.45, 7) is 0. The molecule has 0 aliphatic heterocycles. The van der Waals surface area contributed by atoms with Crippen molar-refractivity contribution in [2.75, 3.05) is 4.90 Å². The van der Waals surface area contributed by atoms with Crippen molar-refractivity contribution in [2.24, 2.45) is 0 Å². The Labute approximate surface area is 285 Å². The Morgan fingerprint density at radius 1 is 0.388 bits per heavy atom. The minimum atomic E-state index is -0.489. The van der Waals surface area contributed by atoms with Gasteiger partial charge < -0.3 is 9.32 Å². The van der Waals surface area contributed by atoms with E-state index in [1.807, 2.05) is 6.07 Å². The quantitative estimate of drug-likeness (QED) is 0.189. The molecular formula is C47H31NO. The Morgan fingerprint density at radius 3 is 1.67 bits per heavy atom. The lowest BCUT2D eigenvalue weighted by Crippen LogP contribution is -2.28. The van der Waals surface area contributed by atoms with E-state index in [0.29, 0.717) is 0 Å². The summed E-state index contributed by atoms with van der Waals surface area (Å²) in [4.78, 5) is 2.39. The van der Waals surface area contributed by atoms with E-state index >= 15 is 0 Å². The van der Waals surface area contributed by atoms with Gasteiger partial charge >= 0.3 is 0 Å². The maximum Gasteiger partial charge on any atom is 0.138 e. The highest BCUT2D eigenvalue weighted by Crippen LogP contribution is 2.56. The van der Waals surface area contributed by atoms with Crippen LogP contribution in [0, 0.1) is 0 Å². The van der Waals surface area contributed by atoms with E-state index in [2.05, 4.69) is 187 Å². The molecule has 1 aliphatic rings. The van der Waals surface area contributed by atoms with Crippen molar-refractivity contribution >= 4 is 49.8 Å². The Kier molecular flexibility index (Phi) is 6.13. The molecule has 0 atom stereocenters. The topological polar surface area (TPSA) is 16.4 Å². The lowest BCUT2D eigenvalue weighted by molar-refractivity contribution is 0.669. The van der Waals surface area contributed by atoms with Gasteiger partial charge in [0.1, 0.15) is 11.2 Å². The zero-order valence-corrected chi connectivity index (χ0v) is 26.8. The van der Waals surface area contributed by atoms with Crippen molar-refractivity contribution < 1.29 is 4.42 Å². The van der Waals surface area contributed by atoms with Gasteiger partial charge in [-0.3, -0.25) is 0 Å². The van der Waals surface area contributed by atoms with Crippen LogP contribution in [0.15, 0.2) is 192 Å². The SMILES string of the molecule is c1ccc(N(c2cccc(C3(c4ccccc4)c4ccccc4-c4ccccc43)c2)c2cc3oc4ccccc4c3c3ccccc23)cc1. The summed E-state index contributed by atoms with van der Waals surface area (Å²) in [5.41, 5.74) is 12.2. The molecule has 2 heteroatoms. The Bertz CT molecular complexity index is 2630. The third-order valence-electron chi connectivity index (χ3n) is 10.3. The average Bonchev–Trinajstić information content (AvgIpc) is 3.70. The van der Waals surface area contributed by atoms with Gasteiger partial charge in [0.15, 0.2) is 0 Å². The molecule has 1 aromatic heterocycles. The minimum Gasteiger partial charge on any atom is -0.456 e. The fourth-order valence-corrected chi connectivity index (χ4v) is 8.35. The number of rotatable bonds is 5. The van der Waals surface area contributed by atoms with Crippen molar-refractivity contribution in [3.05, 3.63) is 210 Å². The van der Waals surface area contributed by atoms with Crippen LogP contribution in [0.5, 0.6) is 0 Å². The highest BCUT2D eigenvalue weighted by molar-refractivity contribution is 6.22. The molecule has 10 rings (SSSR count). The molecule has 1 aliphatic carbocycles. The fourth-order valence-electron chi connectivity index (χ4n) is 8.35. The Morgan fingerprint density at radius 2 is 0.939 bits per heavy atom. The predicted octanol–water partition coefficient (Wildman–Crippen LogP) is 12.6. The minimum absolute atomic E-state index is 0.489. The first-order valence-electron chi connectivity index (χ1n) is 16.9. The van der Waals surface area contributed by atoms with Gasteiger partial charge in [0.05, 0.1) is 11.1 Å². The largest absolute Gasteiger partial charge is 0.456 e. The number of fused-ring (bicyclic) bond motifs is 8. The molecule has 0 amide bonds. The second-order valence-electron chi connectivity index (χ2n) is 12.8. The molecule has 1 heterocycles. The van der Waals surface area contributed by atoms with E-state index in [9.17, 15) is 0 Å². The normalized spacial score (nSPS) is 13.1. The second-order valence-corrected chi connectivity index (χ2v) is 12.8. The first kappa shape index (κ1) is 27.7. The van der Waals surface area contributed by atoms with Crippen molar-refractivity contribution in [1.82, 2.24) is 0 Å². The van der Waals surface area contributed by atoms with E-state index in [4.69, 9.17) is 4.42 Å². The number of para-hydroxylation sites is 2. The lowest BCUT2D eigenvalue weighted by atomic mass is 9.67. The summed E-state index contributed by atoms with van der Waals surface area (Å²) in [6.07, 6.45) is 0. The number of benzene rings is 8. The van der Waals surface area contributed by atoms with Crippen LogP contribution in [0.25, 0.3) is 43.8 Å². The van der Waals surface area contributed by atoms with Crippen molar-refractivity contribution in [2.45, 2.75) is 5.41 Å². The summed E-state index contributed by atoms with van der Waals surface area (Å²) < 4.78 is 6.55. The predicted molar refractivity (Wildman–Crippen MR) is 203 cm³/mol. The Balaban J connectivity index is 1.28. The van der Waals surface area contributed by atoms with Gasteiger partial charge in [-0.05, 0) is 69.1 Å². The van der Waals surface area contributed by atoms with Gasteiger partial charge in [0.2, 0.25) is 0 Å². The summed E-state index contributed by atoms with van der Waals surface area (Å²) in [7, 11) is 0. The van der Waals surface area contributed by atoms with Crippen LogP contribution in [0.3, 0.4) is 0 Å². The molecular weight excluding hydrogens is 595 g/mol. The molecule has 2 nitrogen and oxygen atoms in total. The number of nitrogens with zero attached hydrogens (tertiary/aromatic N) is 1. The fraction of sp³-hybridized carbons (Fsp3) is 0.0213. The summed E-state index contributed by atoms with van der Waals surface area (Å²) in [5.74, 6) is 0. The van der Waals surface area contributed by atoms with Crippen LogP contribution in [-0.2, 0) is 5.41 Å². The molecule has 0 saturated heterocycles. The van der Waals surface area contributed by atoms with E-state index in [1.54, 1.807) is 0 Å². The van der Waals surface area contributed by atoms with E-state index in [1.165, 1.54) is 44.2 Å². The maximum absolute atomic E-state index is 6.55. The molecule has 0 bridgehead atoms. The third-order valence-corrected chi connectivity index (χ3v) is 10.3. The number of anilines is 3. The first-order valence-corrected chi connectivity index (χ1v) is 16.9. The lowest BCUT2D eigenvalue weighted by Gasteiger charge is -2.35. The first-order chi connectivity index (χ1) is 24.3. The van der Waals surface area contributed by atoms with Crippen LogP contribution < -0.4 is 4.90 Å². The standard InChI is InChI=1S/C47H31NO/c1-3-16-32(17-4-1)47(41-27-12-9-22-36(41)37-23-10-13-28-42(37)47)33-18-15-21-35(30-33)48(34-19-5-2-6-20-34)43-31-45-46(39-25-8-7-24-38(39)43)40-26-11-14-29-44(40)49-45/h1-31H. The molecule has 9 aromatic rings. The van der Waals surface area contributed by atoms with Gasteiger partial charge in [-0.15, -0.1) is 0 Å². The van der Waals surface area contributed by atoms with Crippen molar-refractivity contribution in [3.63, 3.8) is 0 Å². The molecule has 0 spiro atoms. The van der Waals surface area contributed by atoms with Gasteiger partial charge in [-0.2, -0.15) is 0 Å². The monoisotopic (exact) mass is 625 g/mol. The van der Waals surface area contributed by atoms with Crippen LogP contribution in [0.1, 0.15) is 22.3 Å². The molecule has 0 unspecified atom stereocenters. The molecule has 0 saturated carbocycles. The van der Waals surface area contributed by atoms with Gasteiger partial charge in [0, 0.05) is 33.6 Å². The number of furan rings is 1. The summed E-state index contributed by atoms with van der Waals surface area (Å²) in [6, 6.07) is 68.0. The summed E-state index contributed by atoms with van der Waals surface area (Å²) in [5, 5.41) is 4.64. The average molecular weight is 626 g/mol. The molecule has 8 aromatic carbocycles. The van der Waals surface area contributed by atoms with E-state index in [-0.39, 0.29) is 0 Å². The molecule has 230 valence electrons. The number of hydrogen-bond acceptors (Lipinski definition) is 2. The van der Waals surface area contributed by atoms with E-state index in [0.717, 1.165) is 39.0 Å². The maximum atomic E-state index is 6.55. The molecule has 0 radical (unpaired) electrons. The zero-order chi connectivity index (χ0) is 32.4. The van der Waals surface area contributed by atoms with Gasteiger partial charge in [-0.25, -0.2) is 0 Å². The van der Waals surface area contributed by atoms with Gasteiger partial charge in [0.25, 0.3) is 0 Å². The smallest absolute Gasteiger partial charge is 0.138 e. The Hall–Kier alpha value is -6.38. The van der Waals surface area contributed by atoms with Crippen LogP contribution in [-0.4, -0.2) is 0 Å². The zero-order valence-electron chi connectivity index (χ0n) is 26.8. The van der Waals surface area contributed by atoms with Crippen LogP contribution in [0.2, 0.25) is 0 Å². The second kappa shape index (κ2) is 10.8. The highest BCUT2D eigenvalue weighted by Gasteiger charge is 2.46. The summed E-state index contributed by atoms with van der Waals surface area (Å²) >= 11 is 0. The number of hydrogen-bond donors (Lipinski definition) is 0. The molecule has 0 N–H and O–H groups in total. The van der Waals surface area contributed by atoms with Crippen LogP contribution >= 0.6 is 0 Å². The highest BCUT2D eigenvalue weighted by atomic mass is 16.3. The van der Waals surface area contributed by atoms with Crippen molar-refractivity contribution in [1.29, 1.82) is 0 Å². The third kappa shape index (κ3) is 4.01. The van der Waals surface area contributed by atoms with Crippen molar-refractivity contribution in [3.8, 4) is 11.1 Å².